The molecule has 1 heterocycles. The van der Waals surface area contributed by atoms with Gasteiger partial charge in [-0.25, -0.2) is 0 Å². The van der Waals surface area contributed by atoms with E-state index >= 15 is 0 Å². The molecule has 6 nitrogen and oxygen atoms in total. The summed E-state index contributed by atoms with van der Waals surface area (Å²) in [5.41, 5.74) is 4.05. The molecular weight excluding hydrogens is 366 g/mol. The van der Waals surface area contributed by atoms with Crippen LogP contribution in [0.5, 0.6) is 0 Å². The summed E-state index contributed by atoms with van der Waals surface area (Å²) < 4.78 is 0. The number of allylic oxidation sites excluding steroid dienone is 2. The smallest absolute Gasteiger partial charge is 0.269 e. The van der Waals surface area contributed by atoms with Crippen molar-refractivity contribution < 1.29 is 9.72 Å². The van der Waals surface area contributed by atoms with Gasteiger partial charge in [0.15, 0.2) is 0 Å². The second-order valence-corrected chi connectivity index (χ2v) is 7.60. The van der Waals surface area contributed by atoms with Crippen LogP contribution in [-0.2, 0) is 0 Å². The fraction of sp³-hybridized carbons (Fsp3) is 0.348. The van der Waals surface area contributed by atoms with Crippen molar-refractivity contribution >= 4 is 17.3 Å². The number of non-ortho nitro benzene ring substituents is 1. The first kappa shape index (κ1) is 19.2. The van der Waals surface area contributed by atoms with Gasteiger partial charge in [0, 0.05) is 42.4 Å². The van der Waals surface area contributed by atoms with Crippen LogP contribution in [0.2, 0.25) is 0 Å². The molecule has 2 aromatic carbocycles. The molecule has 1 aliphatic carbocycles. The summed E-state index contributed by atoms with van der Waals surface area (Å²) in [6, 6.07) is 12.8. The Balaban J connectivity index is 1.67. The Labute approximate surface area is 170 Å². The SMILES string of the molecule is CCN(CC)C(=O)c1ccc2c(c1)[C@@H]1C=CC[C@H]1[C@H](c1ccc([N+](=O)[O-])cc1)N2. The summed E-state index contributed by atoms with van der Waals surface area (Å²) in [5, 5.41) is 14.6. The third kappa shape index (κ3) is 3.39. The van der Waals surface area contributed by atoms with Crippen molar-refractivity contribution in [2.45, 2.75) is 32.2 Å². The van der Waals surface area contributed by atoms with Crippen LogP contribution in [0.1, 0.15) is 53.7 Å². The fourth-order valence-corrected chi connectivity index (χ4v) is 4.55. The molecule has 0 spiro atoms. The summed E-state index contributed by atoms with van der Waals surface area (Å²) in [5.74, 6) is 0.618. The number of benzene rings is 2. The summed E-state index contributed by atoms with van der Waals surface area (Å²) in [6.45, 7) is 5.37. The van der Waals surface area contributed by atoms with Crippen molar-refractivity contribution in [2.24, 2.45) is 5.92 Å². The molecule has 0 aromatic heterocycles. The second-order valence-electron chi connectivity index (χ2n) is 7.60. The van der Waals surface area contributed by atoms with Gasteiger partial charge in [-0.05, 0) is 55.5 Å². The van der Waals surface area contributed by atoms with Crippen LogP contribution < -0.4 is 5.32 Å². The number of nitro groups is 1. The quantitative estimate of drug-likeness (QED) is 0.447. The molecule has 1 amide bonds. The van der Waals surface area contributed by atoms with E-state index in [1.807, 2.05) is 49.1 Å². The standard InChI is InChI=1S/C23H25N3O3/c1-3-25(4-2)23(27)16-10-13-21-20(14-16)18-6-5-7-19(18)22(24-21)15-8-11-17(12-9-15)26(28)29/h5-6,8-14,18-19,22,24H,3-4,7H2,1-2H3/t18-,19-,22+/m1/s1. The van der Waals surface area contributed by atoms with Crippen LogP contribution in [0.3, 0.4) is 0 Å². The number of hydrogen-bond donors (Lipinski definition) is 1. The molecule has 150 valence electrons. The molecule has 1 aliphatic heterocycles. The second kappa shape index (κ2) is 7.70. The molecule has 3 atom stereocenters. The molecule has 0 saturated heterocycles. The Hall–Kier alpha value is -3.15. The first-order valence-corrected chi connectivity index (χ1v) is 10.1. The van der Waals surface area contributed by atoms with Gasteiger partial charge < -0.3 is 10.2 Å². The average molecular weight is 391 g/mol. The first-order valence-electron chi connectivity index (χ1n) is 10.1. The minimum Gasteiger partial charge on any atom is -0.378 e. The Morgan fingerprint density at radius 3 is 2.55 bits per heavy atom. The number of carbonyl (C=O) groups is 1. The predicted octanol–water partition coefficient (Wildman–Crippen LogP) is 4.90. The van der Waals surface area contributed by atoms with E-state index in [1.165, 1.54) is 0 Å². The zero-order valence-electron chi connectivity index (χ0n) is 16.7. The molecule has 29 heavy (non-hydrogen) atoms. The van der Waals surface area contributed by atoms with E-state index in [2.05, 4.69) is 17.5 Å². The molecule has 6 heteroatoms. The maximum absolute atomic E-state index is 12.8. The molecular formula is C23H25N3O3. The van der Waals surface area contributed by atoms with Gasteiger partial charge in [0.05, 0.1) is 11.0 Å². The number of carbonyl (C=O) groups excluding carboxylic acids is 1. The van der Waals surface area contributed by atoms with E-state index in [0.717, 1.165) is 28.8 Å². The number of nitrogens with zero attached hydrogens (tertiary/aromatic N) is 2. The van der Waals surface area contributed by atoms with E-state index in [1.54, 1.807) is 12.1 Å². The highest BCUT2D eigenvalue weighted by molar-refractivity contribution is 5.95. The summed E-state index contributed by atoms with van der Waals surface area (Å²) in [6.07, 6.45) is 5.37. The number of nitrogens with one attached hydrogen (secondary N) is 1. The fourth-order valence-electron chi connectivity index (χ4n) is 4.55. The van der Waals surface area contributed by atoms with Gasteiger partial charge >= 0.3 is 0 Å². The summed E-state index contributed by atoms with van der Waals surface area (Å²) in [7, 11) is 0. The highest BCUT2D eigenvalue weighted by Gasteiger charge is 2.38. The Bertz CT molecular complexity index is 964. The number of rotatable bonds is 5. The molecule has 2 aliphatic rings. The largest absolute Gasteiger partial charge is 0.378 e. The van der Waals surface area contributed by atoms with Crippen molar-refractivity contribution in [3.8, 4) is 0 Å². The van der Waals surface area contributed by atoms with Crippen molar-refractivity contribution in [3.63, 3.8) is 0 Å². The van der Waals surface area contributed by atoms with Crippen molar-refractivity contribution in [1.29, 1.82) is 0 Å². The molecule has 0 unspecified atom stereocenters. The number of hydrogen-bond acceptors (Lipinski definition) is 4. The van der Waals surface area contributed by atoms with Gasteiger partial charge in [-0.15, -0.1) is 0 Å². The topological polar surface area (TPSA) is 75.5 Å². The molecule has 0 saturated carbocycles. The van der Waals surface area contributed by atoms with Crippen LogP contribution >= 0.6 is 0 Å². The zero-order valence-corrected chi connectivity index (χ0v) is 16.7. The highest BCUT2D eigenvalue weighted by atomic mass is 16.6. The van der Waals surface area contributed by atoms with Crippen LogP contribution in [-0.4, -0.2) is 28.8 Å². The minimum absolute atomic E-state index is 0.0637. The highest BCUT2D eigenvalue weighted by Crippen LogP contribution is 2.50. The lowest BCUT2D eigenvalue weighted by Crippen LogP contribution is -2.32. The maximum Gasteiger partial charge on any atom is 0.269 e. The molecule has 0 bridgehead atoms. The molecule has 0 radical (unpaired) electrons. The van der Waals surface area contributed by atoms with E-state index in [4.69, 9.17) is 0 Å². The van der Waals surface area contributed by atoms with Crippen LogP contribution in [0, 0.1) is 16.0 Å². The van der Waals surface area contributed by atoms with Crippen molar-refractivity contribution in [3.05, 3.63) is 81.4 Å². The van der Waals surface area contributed by atoms with Crippen LogP contribution in [0.4, 0.5) is 11.4 Å². The third-order valence-electron chi connectivity index (χ3n) is 6.12. The number of amides is 1. The van der Waals surface area contributed by atoms with Gasteiger partial charge in [-0.2, -0.15) is 0 Å². The van der Waals surface area contributed by atoms with Gasteiger partial charge in [-0.3, -0.25) is 14.9 Å². The normalized spacial score (nSPS) is 21.8. The number of fused-ring (bicyclic) bond motifs is 3. The van der Waals surface area contributed by atoms with Crippen molar-refractivity contribution in [1.82, 2.24) is 4.90 Å². The number of anilines is 1. The summed E-state index contributed by atoms with van der Waals surface area (Å²) >= 11 is 0. The molecule has 4 rings (SSSR count). The van der Waals surface area contributed by atoms with Crippen LogP contribution in [0.25, 0.3) is 0 Å². The number of nitro benzene ring substituents is 1. The third-order valence-corrected chi connectivity index (χ3v) is 6.12. The Kier molecular flexibility index (Phi) is 5.09. The molecule has 1 N–H and O–H groups in total. The summed E-state index contributed by atoms with van der Waals surface area (Å²) in [4.78, 5) is 25.2. The maximum atomic E-state index is 12.8. The minimum atomic E-state index is -0.373. The lowest BCUT2D eigenvalue weighted by Gasteiger charge is -2.37. The van der Waals surface area contributed by atoms with Crippen LogP contribution in [0.15, 0.2) is 54.6 Å². The lowest BCUT2D eigenvalue weighted by molar-refractivity contribution is -0.384. The monoisotopic (exact) mass is 391 g/mol. The van der Waals surface area contributed by atoms with E-state index in [0.29, 0.717) is 19.0 Å². The van der Waals surface area contributed by atoms with Gasteiger partial charge in [0.2, 0.25) is 0 Å². The predicted molar refractivity (Wildman–Crippen MR) is 113 cm³/mol. The van der Waals surface area contributed by atoms with Gasteiger partial charge in [-0.1, -0.05) is 24.3 Å². The Morgan fingerprint density at radius 2 is 1.90 bits per heavy atom. The Morgan fingerprint density at radius 1 is 1.17 bits per heavy atom. The lowest BCUT2D eigenvalue weighted by atomic mass is 9.76. The first-order chi connectivity index (χ1) is 14.0. The van der Waals surface area contributed by atoms with E-state index in [9.17, 15) is 14.9 Å². The van der Waals surface area contributed by atoms with Gasteiger partial charge in [0.25, 0.3) is 11.6 Å². The zero-order chi connectivity index (χ0) is 20.5. The van der Waals surface area contributed by atoms with Gasteiger partial charge in [0.1, 0.15) is 0 Å². The molecule has 0 fully saturated rings. The van der Waals surface area contributed by atoms with E-state index < -0.39 is 0 Å². The van der Waals surface area contributed by atoms with E-state index in [-0.39, 0.29) is 28.5 Å². The average Bonchev–Trinajstić information content (AvgIpc) is 3.24. The van der Waals surface area contributed by atoms with Crippen molar-refractivity contribution in [2.75, 3.05) is 18.4 Å². The molecule has 2 aromatic rings.